The van der Waals surface area contributed by atoms with E-state index in [9.17, 15) is 0 Å². The van der Waals surface area contributed by atoms with Gasteiger partial charge < -0.3 is 4.74 Å². The molecule has 21 heavy (non-hydrogen) atoms. The smallest absolute Gasteiger partial charge is 0.211 e. The molecule has 2 aromatic rings. The van der Waals surface area contributed by atoms with Gasteiger partial charge in [-0.2, -0.15) is 9.78 Å². The Balaban J connectivity index is 2.31. The number of nitrogens with zero attached hydrogens (tertiary/aromatic N) is 4. The van der Waals surface area contributed by atoms with Gasteiger partial charge in [0.2, 0.25) is 5.16 Å². The normalized spacial score (nSPS) is 11.3. The fourth-order valence-electron chi connectivity index (χ4n) is 1.66. The molecule has 0 fully saturated rings. The van der Waals surface area contributed by atoms with Crippen LogP contribution in [0.2, 0.25) is 0 Å². The Morgan fingerprint density at radius 1 is 1.33 bits per heavy atom. The highest BCUT2D eigenvalue weighted by Gasteiger charge is 2.09. The van der Waals surface area contributed by atoms with Gasteiger partial charge in [-0.15, -0.1) is 10.2 Å². The quantitative estimate of drug-likeness (QED) is 0.525. The molecule has 1 aromatic carbocycles. The SMILES string of the molecule is CCOc1c(Br)cc(/C=N\n2c(C)nnc2SC)cc1Br. The highest BCUT2D eigenvalue weighted by atomic mass is 79.9. The largest absolute Gasteiger partial charge is 0.492 e. The lowest BCUT2D eigenvalue weighted by Crippen LogP contribution is -1.97. The van der Waals surface area contributed by atoms with E-state index >= 15 is 0 Å². The van der Waals surface area contributed by atoms with E-state index in [0.717, 1.165) is 31.2 Å². The second kappa shape index (κ2) is 7.42. The van der Waals surface area contributed by atoms with E-state index in [2.05, 4.69) is 47.2 Å². The average molecular weight is 434 g/mol. The standard InChI is InChI=1S/C13H14Br2N4OS/c1-4-20-12-10(14)5-9(6-11(12)15)7-16-19-8(2)17-18-13(19)21-3/h5-7H,4H2,1-3H3/b16-7-. The number of rotatable bonds is 5. The van der Waals surface area contributed by atoms with Crippen LogP contribution in [0.15, 0.2) is 31.3 Å². The van der Waals surface area contributed by atoms with Crippen molar-refractivity contribution >= 4 is 49.8 Å². The van der Waals surface area contributed by atoms with Crippen molar-refractivity contribution in [2.45, 2.75) is 19.0 Å². The maximum Gasteiger partial charge on any atom is 0.211 e. The van der Waals surface area contributed by atoms with Crippen molar-refractivity contribution in [2.24, 2.45) is 5.10 Å². The first kappa shape index (κ1) is 16.5. The van der Waals surface area contributed by atoms with Gasteiger partial charge in [0.15, 0.2) is 5.82 Å². The molecular formula is C13H14Br2N4OS. The van der Waals surface area contributed by atoms with Crippen LogP contribution < -0.4 is 4.74 Å². The maximum atomic E-state index is 5.56. The third kappa shape index (κ3) is 3.87. The van der Waals surface area contributed by atoms with E-state index in [1.807, 2.05) is 32.2 Å². The number of ether oxygens (including phenoxy) is 1. The molecule has 0 aliphatic heterocycles. The summed E-state index contributed by atoms with van der Waals surface area (Å²) in [5, 5.41) is 13.2. The van der Waals surface area contributed by atoms with Gasteiger partial charge in [-0.1, -0.05) is 11.8 Å². The molecular weight excluding hydrogens is 420 g/mol. The lowest BCUT2D eigenvalue weighted by molar-refractivity contribution is 0.336. The molecule has 5 nitrogen and oxygen atoms in total. The van der Waals surface area contributed by atoms with Gasteiger partial charge in [0.05, 0.1) is 21.8 Å². The Bertz CT molecular complexity index is 649. The number of thioether (sulfide) groups is 1. The summed E-state index contributed by atoms with van der Waals surface area (Å²) in [5.74, 6) is 1.54. The molecule has 112 valence electrons. The predicted molar refractivity (Wildman–Crippen MR) is 92.5 cm³/mol. The minimum Gasteiger partial charge on any atom is -0.492 e. The summed E-state index contributed by atoms with van der Waals surface area (Å²) in [6.07, 6.45) is 3.71. The van der Waals surface area contributed by atoms with Crippen molar-refractivity contribution < 1.29 is 4.74 Å². The molecule has 0 aliphatic carbocycles. The minimum atomic E-state index is 0.613. The van der Waals surface area contributed by atoms with E-state index in [1.165, 1.54) is 11.8 Å². The summed E-state index contributed by atoms with van der Waals surface area (Å²) in [6, 6.07) is 3.91. The number of hydrogen-bond acceptors (Lipinski definition) is 5. The molecule has 0 atom stereocenters. The van der Waals surface area contributed by atoms with Crippen molar-refractivity contribution in [1.82, 2.24) is 14.9 Å². The fraction of sp³-hybridized carbons (Fsp3) is 0.308. The summed E-state index contributed by atoms with van der Waals surface area (Å²) in [4.78, 5) is 0. The van der Waals surface area contributed by atoms with Crippen LogP contribution >= 0.6 is 43.6 Å². The Kier molecular flexibility index (Phi) is 5.83. The van der Waals surface area contributed by atoms with Crippen molar-refractivity contribution in [3.8, 4) is 5.75 Å². The zero-order chi connectivity index (χ0) is 15.4. The van der Waals surface area contributed by atoms with Gasteiger partial charge in [0.25, 0.3) is 0 Å². The van der Waals surface area contributed by atoms with Gasteiger partial charge in [0.1, 0.15) is 5.75 Å². The van der Waals surface area contributed by atoms with E-state index in [4.69, 9.17) is 4.74 Å². The lowest BCUT2D eigenvalue weighted by atomic mass is 10.2. The molecule has 0 aliphatic rings. The molecule has 0 radical (unpaired) electrons. The molecule has 0 N–H and O–H groups in total. The third-order valence-corrected chi connectivity index (χ3v) is 4.38. The Morgan fingerprint density at radius 2 is 2.00 bits per heavy atom. The van der Waals surface area contributed by atoms with E-state index in [1.54, 1.807) is 10.9 Å². The first-order valence-corrected chi connectivity index (χ1v) is 9.00. The van der Waals surface area contributed by atoms with Crippen molar-refractivity contribution in [1.29, 1.82) is 0 Å². The molecule has 0 saturated heterocycles. The number of aryl methyl sites for hydroxylation is 1. The van der Waals surface area contributed by atoms with Crippen LogP contribution in [0.5, 0.6) is 5.75 Å². The van der Waals surface area contributed by atoms with Gasteiger partial charge in [-0.3, -0.25) is 0 Å². The fourth-order valence-corrected chi connectivity index (χ4v) is 3.58. The van der Waals surface area contributed by atoms with Gasteiger partial charge in [-0.25, -0.2) is 0 Å². The van der Waals surface area contributed by atoms with Crippen molar-refractivity contribution in [2.75, 3.05) is 12.9 Å². The topological polar surface area (TPSA) is 52.3 Å². The van der Waals surface area contributed by atoms with Gasteiger partial charge in [0, 0.05) is 0 Å². The molecule has 8 heteroatoms. The molecule has 0 spiro atoms. The Hall–Kier alpha value is -0.860. The summed E-state index contributed by atoms with van der Waals surface area (Å²) >= 11 is 8.52. The number of aromatic nitrogens is 3. The first-order chi connectivity index (χ1) is 10.1. The lowest BCUT2D eigenvalue weighted by Gasteiger charge is -2.09. The summed E-state index contributed by atoms with van der Waals surface area (Å²) in [5.41, 5.74) is 0.942. The van der Waals surface area contributed by atoms with Crippen LogP contribution in [-0.4, -0.2) is 34.0 Å². The zero-order valence-electron chi connectivity index (χ0n) is 11.8. The predicted octanol–water partition coefficient (Wildman–Crippen LogP) is 4.11. The van der Waals surface area contributed by atoms with E-state index in [0.29, 0.717) is 6.61 Å². The maximum absolute atomic E-state index is 5.56. The first-order valence-electron chi connectivity index (χ1n) is 6.19. The Morgan fingerprint density at radius 3 is 2.57 bits per heavy atom. The highest BCUT2D eigenvalue weighted by molar-refractivity contribution is 9.11. The van der Waals surface area contributed by atoms with Crippen LogP contribution in [0, 0.1) is 6.92 Å². The number of hydrogen-bond donors (Lipinski definition) is 0. The summed E-state index contributed by atoms with van der Waals surface area (Å²) in [7, 11) is 0. The van der Waals surface area contributed by atoms with Gasteiger partial charge >= 0.3 is 0 Å². The van der Waals surface area contributed by atoms with Crippen LogP contribution in [0.3, 0.4) is 0 Å². The molecule has 0 bridgehead atoms. The van der Waals surface area contributed by atoms with Crippen LogP contribution in [-0.2, 0) is 0 Å². The monoisotopic (exact) mass is 432 g/mol. The zero-order valence-corrected chi connectivity index (χ0v) is 15.8. The molecule has 0 amide bonds. The van der Waals surface area contributed by atoms with Gasteiger partial charge in [-0.05, 0) is 69.7 Å². The van der Waals surface area contributed by atoms with Crippen LogP contribution in [0.1, 0.15) is 18.3 Å². The summed E-state index contributed by atoms with van der Waals surface area (Å²) < 4.78 is 9.03. The number of halogens is 2. The number of benzene rings is 1. The molecule has 0 saturated carbocycles. The van der Waals surface area contributed by atoms with Crippen LogP contribution in [0.4, 0.5) is 0 Å². The third-order valence-electron chi connectivity index (χ3n) is 2.58. The molecule has 0 unspecified atom stereocenters. The second-order valence-corrected chi connectivity index (χ2v) is 6.52. The Labute approximate surface area is 144 Å². The average Bonchev–Trinajstić information content (AvgIpc) is 2.81. The molecule has 1 aromatic heterocycles. The second-order valence-electron chi connectivity index (χ2n) is 4.04. The highest BCUT2D eigenvalue weighted by Crippen LogP contribution is 2.34. The van der Waals surface area contributed by atoms with E-state index < -0.39 is 0 Å². The van der Waals surface area contributed by atoms with E-state index in [-0.39, 0.29) is 0 Å². The molecule has 2 rings (SSSR count). The minimum absolute atomic E-state index is 0.613. The summed E-state index contributed by atoms with van der Waals surface area (Å²) in [6.45, 7) is 4.43. The van der Waals surface area contributed by atoms with Crippen LogP contribution in [0.25, 0.3) is 0 Å². The van der Waals surface area contributed by atoms with Crippen molar-refractivity contribution in [3.63, 3.8) is 0 Å². The molecule has 1 heterocycles. The van der Waals surface area contributed by atoms with Crippen molar-refractivity contribution in [3.05, 3.63) is 32.5 Å².